The Labute approximate surface area is 95.5 Å². The van der Waals surface area contributed by atoms with E-state index in [4.69, 9.17) is 10.2 Å². The highest BCUT2D eigenvalue weighted by Crippen LogP contribution is 2.13. The Morgan fingerprint density at radius 2 is 1.35 bits per heavy atom. The first-order valence-electron chi connectivity index (χ1n) is 3.13. The second kappa shape index (κ2) is 10.7. The molecule has 0 saturated carbocycles. The van der Waals surface area contributed by atoms with Gasteiger partial charge in [-0.15, -0.1) is 0 Å². The molecule has 0 aromatic carbocycles. The molecule has 0 aliphatic heterocycles. The molecule has 11 heteroatoms. The van der Waals surface area contributed by atoms with E-state index in [0.29, 0.717) is 0 Å². The van der Waals surface area contributed by atoms with Crippen LogP contribution in [0.15, 0.2) is 0 Å². The number of carboxylic acids is 3. The number of rotatable bonds is 5. The van der Waals surface area contributed by atoms with Gasteiger partial charge in [-0.05, 0) is 0 Å². The van der Waals surface area contributed by atoms with Crippen molar-refractivity contribution in [3.05, 3.63) is 0 Å². The largest absolute Gasteiger partial charge is 0.550 e. The van der Waals surface area contributed by atoms with Gasteiger partial charge in [0.15, 0.2) is 0 Å². The molecular weight excluding hydrogens is 244 g/mol. The quantitative estimate of drug-likeness (QED) is 0.374. The molecule has 0 aromatic heterocycles. The normalized spacial score (nSPS) is 11.1. The Morgan fingerprint density at radius 3 is 1.53 bits per heavy atom. The van der Waals surface area contributed by atoms with Crippen LogP contribution in [0.3, 0.4) is 0 Å². The predicted molar refractivity (Wildman–Crippen MR) is 51.0 cm³/mol. The molecule has 106 valence electrons. The van der Waals surface area contributed by atoms with Crippen molar-refractivity contribution >= 4 is 17.9 Å². The van der Waals surface area contributed by atoms with Gasteiger partial charge in [0.05, 0.1) is 12.4 Å². The van der Waals surface area contributed by atoms with Crippen molar-refractivity contribution in [1.29, 1.82) is 0 Å². The van der Waals surface area contributed by atoms with E-state index in [9.17, 15) is 24.6 Å². The molecule has 1 atom stereocenters. The molecule has 0 fully saturated rings. The van der Waals surface area contributed by atoms with Gasteiger partial charge >= 0.3 is 5.97 Å². The minimum absolute atomic E-state index is 0. The fourth-order valence-corrected chi connectivity index (χ4v) is 0.696. The van der Waals surface area contributed by atoms with Crippen LogP contribution in [0.1, 0.15) is 12.8 Å². The van der Waals surface area contributed by atoms with Crippen LogP contribution in [0.5, 0.6) is 0 Å². The minimum atomic E-state index is -2.91. The van der Waals surface area contributed by atoms with E-state index in [1.165, 1.54) is 0 Å². The summed E-state index contributed by atoms with van der Waals surface area (Å²) in [5, 5.41) is 37.2. The van der Waals surface area contributed by atoms with Crippen molar-refractivity contribution in [3.63, 3.8) is 0 Å². The van der Waals surface area contributed by atoms with Crippen LogP contribution in [0.4, 0.5) is 0 Å². The Hall–Kier alpha value is -1.79. The van der Waals surface area contributed by atoms with Gasteiger partial charge in [0.2, 0.25) is 0 Å². The minimum Gasteiger partial charge on any atom is -0.550 e. The molecule has 0 heterocycles. The fourth-order valence-electron chi connectivity index (χ4n) is 0.696. The van der Waals surface area contributed by atoms with Gasteiger partial charge in [-0.3, -0.25) is 4.79 Å². The van der Waals surface area contributed by atoms with Crippen molar-refractivity contribution in [2.45, 2.75) is 18.4 Å². The summed E-state index contributed by atoms with van der Waals surface area (Å²) in [6.07, 6.45) is -2.56. The van der Waals surface area contributed by atoms with Gasteiger partial charge in [-0.2, -0.15) is 0 Å². The number of carboxylic acid groups (broad SMARTS) is 3. The molecule has 1 unspecified atom stereocenters. The SMILES string of the molecule is O.O.O=C([O-])CC(O)(CC(=O)O)C(=O)[O-].[NH4+].[NH4+]. The summed E-state index contributed by atoms with van der Waals surface area (Å²) in [5.41, 5.74) is -2.91. The number of aliphatic carboxylic acids is 3. The van der Waals surface area contributed by atoms with Crippen molar-refractivity contribution in [3.8, 4) is 0 Å². The molecule has 0 saturated heterocycles. The van der Waals surface area contributed by atoms with E-state index in [2.05, 4.69) is 0 Å². The van der Waals surface area contributed by atoms with Gasteiger partial charge in [0.1, 0.15) is 5.60 Å². The Kier molecular flexibility index (Phi) is 18.6. The number of carbonyl (C=O) groups is 3. The summed E-state index contributed by atoms with van der Waals surface area (Å²) in [6, 6.07) is 0. The highest BCUT2D eigenvalue weighted by atomic mass is 16.4. The van der Waals surface area contributed by atoms with Crippen molar-refractivity contribution < 1.29 is 45.8 Å². The van der Waals surface area contributed by atoms with E-state index in [-0.39, 0.29) is 23.3 Å². The molecule has 17 heavy (non-hydrogen) atoms. The maximum atomic E-state index is 10.2. The molecule has 0 aliphatic rings. The zero-order chi connectivity index (χ0) is 10.6. The van der Waals surface area contributed by atoms with Crippen molar-refractivity contribution in [2.75, 3.05) is 0 Å². The third kappa shape index (κ3) is 10.5. The highest BCUT2D eigenvalue weighted by Gasteiger charge is 2.31. The summed E-state index contributed by atoms with van der Waals surface area (Å²) in [7, 11) is 0. The molecule has 0 bridgehead atoms. The van der Waals surface area contributed by atoms with Gasteiger partial charge in [0, 0.05) is 12.4 Å². The number of aliphatic hydroxyl groups is 1. The first kappa shape index (κ1) is 29.5. The van der Waals surface area contributed by atoms with Crippen LogP contribution < -0.4 is 22.5 Å². The average Bonchev–Trinajstić information content (AvgIpc) is 1.82. The van der Waals surface area contributed by atoms with E-state index in [1.807, 2.05) is 0 Å². The lowest BCUT2D eigenvalue weighted by Crippen LogP contribution is -2.52. The highest BCUT2D eigenvalue weighted by molar-refractivity contribution is 5.86. The maximum Gasteiger partial charge on any atom is 0.306 e. The number of hydrogen-bond donors (Lipinski definition) is 4. The van der Waals surface area contributed by atoms with E-state index < -0.39 is 36.4 Å². The second-order valence-corrected chi connectivity index (χ2v) is 2.44. The smallest absolute Gasteiger partial charge is 0.306 e. The molecule has 0 aliphatic carbocycles. The van der Waals surface area contributed by atoms with Crippen LogP contribution in [0.25, 0.3) is 0 Å². The lowest BCUT2D eigenvalue weighted by atomic mass is 9.96. The van der Waals surface area contributed by atoms with E-state index >= 15 is 0 Å². The molecule has 0 spiro atoms. The van der Waals surface area contributed by atoms with Crippen LogP contribution >= 0.6 is 0 Å². The standard InChI is InChI=1S/C6H8O7.2H3N.2H2O/c7-3(8)1-6(13,5(11)12)2-4(9)10;;;;/h13H,1-2H2,(H,7,8)(H,9,10)(H,11,12);2*1H3;2*1H2. The lowest BCUT2D eigenvalue weighted by Gasteiger charge is -2.27. The molecule has 14 N–H and O–H groups in total. The van der Waals surface area contributed by atoms with Crippen molar-refractivity contribution in [1.82, 2.24) is 12.3 Å². The molecular formula is C6H18N2O9. The number of hydrogen-bond acceptors (Lipinski definition) is 6. The zero-order valence-corrected chi connectivity index (χ0v) is 9.35. The van der Waals surface area contributed by atoms with E-state index in [0.717, 1.165) is 0 Å². The van der Waals surface area contributed by atoms with Gasteiger partial charge in [-0.1, -0.05) is 0 Å². The Balaban J connectivity index is -0.000000120. The van der Waals surface area contributed by atoms with Crippen LogP contribution in [0, 0.1) is 0 Å². The first-order chi connectivity index (χ1) is 5.78. The summed E-state index contributed by atoms with van der Waals surface area (Å²) in [5.74, 6) is -5.67. The summed E-state index contributed by atoms with van der Waals surface area (Å²) < 4.78 is 0. The van der Waals surface area contributed by atoms with Gasteiger partial charge in [0.25, 0.3) is 0 Å². The monoisotopic (exact) mass is 262 g/mol. The Morgan fingerprint density at radius 1 is 1.00 bits per heavy atom. The predicted octanol–water partition coefficient (Wildman–Crippen LogP) is -4.81. The zero-order valence-electron chi connectivity index (χ0n) is 9.35. The molecule has 11 nitrogen and oxygen atoms in total. The van der Waals surface area contributed by atoms with E-state index in [1.54, 1.807) is 0 Å². The summed E-state index contributed by atoms with van der Waals surface area (Å²) in [4.78, 5) is 30.2. The van der Waals surface area contributed by atoms with Crippen LogP contribution in [-0.2, 0) is 14.4 Å². The molecule has 0 radical (unpaired) electrons. The summed E-state index contributed by atoms with van der Waals surface area (Å²) in [6.45, 7) is 0. The number of carbonyl (C=O) groups excluding carboxylic acids is 2. The lowest BCUT2D eigenvalue weighted by molar-refractivity contribution is -0.333. The molecule has 0 rings (SSSR count). The average molecular weight is 262 g/mol. The fraction of sp³-hybridized carbons (Fsp3) is 0.500. The van der Waals surface area contributed by atoms with Gasteiger partial charge < -0.3 is 53.3 Å². The van der Waals surface area contributed by atoms with Crippen molar-refractivity contribution in [2.24, 2.45) is 0 Å². The maximum absolute atomic E-state index is 10.2. The molecule has 0 aromatic rings. The molecule has 0 amide bonds. The van der Waals surface area contributed by atoms with Gasteiger partial charge in [-0.25, -0.2) is 0 Å². The van der Waals surface area contributed by atoms with Crippen LogP contribution in [-0.4, -0.2) is 44.7 Å². The number of quaternary nitrogens is 2. The third-order valence-corrected chi connectivity index (χ3v) is 1.26. The topological polar surface area (TPSA) is 274 Å². The summed E-state index contributed by atoms with van der Waals surface area (Å²) >= 11 is 0. The Bertz CT molecular complexity index is 238. The van der Waals surface area contributed by atoms with Crippen LogP contribution in [0.2, 0.25) is 0 Å². The first-order valence-corrected chi connectivity index (χ1v) is 3.13. The third-order valence-electron chi connectivity index (χ3n) is 1.26. The second-order valence-electron chi connectivity index (χ2n) is 2.44.